The number of alkyl halides is 3. The van der Waals surface area contributed by atoms with Crippen molar-refractivity contribution in [3.8, 4) is 11.5 Å². The van der Waals surface area contributed by atoms with Crippen molar-refractivity contribution in [2.75, 3.05) is 40.6 Å². The number of aldehydes is 1. The summed E-state index contributed by atoms with van der Waals surface area (Å²) in [4.78, 5) is 44.1. The van der Waals surface area contributed by atoms with Crippen LogP contribution in [0.15, 0.2) is 72.8 Å². The van der Waals surface area contributed by atoms with Crippen LogP contribution in [0, 0.1) is 16.0 Å². The molecule has 0 aromatic heterocycles. The minimum atomic E-state index is -4.32. The van der Waals surface area contributed by atoms with Crippen molar-refractivity contribution >= 4 is 18.7 Å². The number of carbonyl (C=O) groups excluding carboxylic acids is 3. The van der Waals surface area contributed by atoms with Crippen LogP contribution >= 0.6 is 0 Å². The lowest BCUT2D eigenvalue weighted by atomic mass is 10.1. The molecule has 1 amide bonds. The number of nitrogens with zero attached hydrogens (tertiary/aromatic N) is 1. The SMILES string of the molecule is C/C=C\CCCC.CC.CO.COCCc1ccc(OC(=O)CNC=O)cc1.FC(F)(F)c1cccc(OCC/C=C/C2CCCC2)c1.O=CCCCO[N+](=O)[O-]. The summed E-state index contributed by atoms with van der Waals surface area (Å²) in [5.41, 5.74) is 0.439. The van der Waals surface area contributed by atoms with Crippen molar-refractivity contribution in [3.63, 3.8) is 0 Å². The van der Waals surface area contributed by atoms with Crippen LogP contribution in [-0.4, -0.2) is 69.4 Å². The highest BCUT2D eigenvalue weighted by atomic mass is 19.4. The number of carbonyl (C=O) groups is 3. The zero-order chi connectivity index (χ0) is 43.6. The number of methoxy groups -OCH3 is 1. The molecule has 0 saturated heterocycles. The number of unbranched alkanes of at least 4 members (excludes halogenated alkanes) is 3. The third kappa shape index (κ3) is 36.6. The standard InChI is InChI=1S/C16H19F3O.C12H15NO4.C7H14.C4H7NO4.C2H6.CH4O/c17-16(18,19)14-9-5-10-15(12-14)20-11-4-3-8-13-6-1-2-7-13;1-16-7-6-10-2-4-11(5-3-10)17-12(15)8-13-9-14;1-3-5-7-6-4-2;6-3-1-2-4-9-5(7)8;2*1-2/h3,5,8-10,12-13H,1-2,4,6-7,11H2;2-5,9H,6-8H2,1H3,(H,13,14);3,5H,4,6-7H2,1-2H3;3H,1-2,4H2;1-2H3;2H,1H3/b8-3+;;5-3-;;;. The van der Waals surface area contributed by atoms with E-state index in [4.69, 9.17) is 19.3 Å². The molecule has 0 bridgehead atoms. The lowest BCUT2D eigenvalue weighted by molar-refractivity contribution is -0.757. The van der Waals surface area contributed by atoms with E-state index in [0.717, 1.165) is 37.6 Å². The summed E-state index contributed by atoms with van der Waals surface area (Å²) in [6, 6.07) is 12.2. The molecule has 0 aliphatic heterocycles. The second-order valence-corrected chi connectivity index (χ2v) is 11.6. The molecule has 0 atom stereocenters. The third-order valence-corrected chi connectivity index (χ3v) is 7.23. The Hall–Kier alpha value is -4.76. The molecule has 12 nitrogen and oxygen atoms in total. The maximum Gasteiger partial charge on any atom is 0.416 e. The van der Waals surface area contributed by atoms with Gasteiger partial charge in [0.25, 0.3) is 5.09 Å². The van der Waals surface area contributed by atoms with Crippen molar-refractivity contribution in [1.29, 1.82) is 0 Å². The molecule has 0 spiro atoms. The molecule has 1 saturated carbocycles. The minimum Gasteiger partial charge on any atom is -0.493 e. The van der Waals surface area contributed by atoms with Crippen LogP contribution in [0.25, 0.3) is 0 Å². The molecule has 2 aromatic carbocycles. The Bertz CT molecular complexity index is 1320. The largest absolute Gasteiger partial charge is 0.493 e. The quantitative estimate of drug-likeness (QED) is 0.0250. The normalized spacial score (nSPS) is 11.7. The first kappa shape index (κ1) is 56.6. The van der Waals surface area contributed by atoms with Crippen LogP contribution in [0.5, 0.6) is 11.5 Å². The lowest BCUT2D eigenvalue weighted by Crippen LogP contribution is -2.25. The number of aliphatic hydroxyl groups excluding tert-OH is 1. The number of rotatable bonds is 20. The molecule has 15 heteroatoms. The number of esters is 1. The van der Waals surface area contributed by atoms with Gasteiger partial charge in [-0.15, -0.1) is 10.1 Å². The van der Waals surface area contributed by atoms with Crippen LogP contribution in [0.3, 0.4) is 0 Å². The van der Waals surface area contributed by atoms with E-state index in [0.29, 0.717) is 50.4 Å². The first-order chi connectivity index (χ1) is 27.5. The van der Waals surface area contributed by atoms with Crippen LogP contribution in [0.1, 0.15) is 103 Å². The Labute approximate surface area is 336 Å². The monoisotopic (exact) mass is 814 g/mol. The summed E-state index contributed by atoms with van der Waals surface area (Å²) in [5.74, 6) is 0.920. The summed E-state index contributed by atoms with van der Waals surface area (Å²) >= 11 is 0. The van der Waals surface area contributed by atoms with E-state index in [1.165, 1.54) is 51.0 Å². The zero-order valence-electron chi connectivity index (χ0n) is 34.5. The maximum absolute atomic E-state index is 12.5. The maximum atomic E-state index is 12.5. The second kappa shape index (κ2) is 40.9. The molecule has 0 unspecified atom stereocenters. The van der Waals surface area contributed by atoms with Crippen molar-refractivity contribution in [3.05, 3.63) is 94.1 Å². The molecular weight excluding hydrogens is 749 g/mol. The molecule has 324 valence electrons. The van der Waals surface area contributed by atoms with Gasteiger partial charge in [0.15, 0.2) is 0 Å². The molecule has 0 radical (unpaired) electrons. The van der Waals surface area contributed by atoms with Gasteiger partial charge in [-0.3, -0.25) is 4.79 Å². The van der Waals surface area contributed by atoms with Gasteiger partial charge in [0, 0.05) is 20.6 Å². The van der Waals surface area contributed by atoms with Crippen LogP contribution in [-0.2, 0) is 36.6 Å². The van der Waals surface area contributed by atoms with E-state index in [9.17, 15) is 37.7 Å². The highest BCUT2D eigenvalue weighted by Gasteiger charge is 2.30. The number of benzene rings is 2. The molecule has 0 heterocycles. The van der Waals surface area contributed by atoms with Crippen LogP contribution in [0.4, 0.5) is 13.2 Å². The van der Waals surface area contributed by atoms with Crippen molar-refractivity contribution < 1.29 is 56.8 Å². The smallest absolute Gasteiger partial charge is 0.416 e. The molecular formula is C42H65F3N2O10. The number of nitrogens with one attached hydrogen (secondary N) is 1. The van der Waals surface area contributed by atoms with Gasteiger partial charge in [-0.2, -0.15) is 13.2 Å². The van der Waals surface area contributed by atoms with Crippen molar-refractivity contribution in [2.45, 2.75) is 105 Å². The average molecular weight is 815 g/mol. The highest BCUT2D eigenvalue weighted by Crippen LogP contribution is 2.31. The van der Waals surface area contributed by atoms with E-state index in [1.54, 1.807) is 25.3 Å². The number of hydrogen-bond acceptors (Lipinski definition) is 10. The first-order valence-corrected chi connectivity index (χ1v) is 19.2. The summed E-state index contributed by atoms with van der Waals surface area (Å²) in [6.07, 6.45) is 16.7. The van der Waals surface area contributed by atoms with Crippen LogP contribution < -0.4 is 14.8 Å². The Morgan fingerprint density at radius 3 is 2.16 bits per heavy atom. The van der Waals surface area contributed by atoms with Gasteiger partial charge in [-0.05, 0) is 87.3 Å². The molecule has 1 aliphatic rings. The fraction of sp³-hybridized carbons (Fsp3) is 0.548. The zero-order valence-corrected chi connectivity index (χ0v) is 34.5. The Morgan fingerprint density at radius 1 is 0.947 bits per heavy atom. The minimum absolute atomic E-state index is 0.00569. The molecule has 57 heavy (non-hydrogen) atoms. The Morgan fingerprint density at radius 2 is 1.61 bits per heavy atom. The predicted molar refractivity (Wildman–Crippen MR) is 216 cm³/mol. The van der Waals surface area contributed by atoms with E-state index >= 15 is 0 Å². The number of ether oxygens (including phenoxy) is 3. The fourth-order valence-corrected chi connectivity index (χ4v) is 4.48. The number of halogens is 3. The first-order valence-electron chi connectivity index (χ1n) is 19.2. The molecule has 2 N–H and O–H groups in total. The van der Waals surface area contributed by atoms with Crippen LogP contribution in [0.2, 0.25) is 0 Å². The van der Waals surface area contributed by atoms with Crippen molar-refractivity contribution in [1.82, 2.24) is 5.32 Å². The summed E-state index contributed by atoms with van der Waals surface area (Å²) in [5, 5.41) is 17.8. The van der Waals surface area contributed by atoms with Crippen molar-refractivity contribution in [2.24, 2.45) is 5.92 Å². The highest BCUT2D eigenvalue weighted by molar-refractivity contribution is 5.76. The van der Waals surface area contributed by atoms with Gasteiger partial charge in [-0.25, -0.2) is 4.79 Å². The Kier molecular flexibility index (Phi) is 40.6. The average Bonchev–Trinajstić information content (AvgIpc) is 3.74. The summed E-state index contributed by atoms with van der Waals surface area (Å²) in [6.45, 7) is 9.22. The predicted octanol–water partition coefficient (Wildman–Crippen LogP) is 9.31. The van der Waals surface area contributed by atoms with E-state index in [-0.39, 0.29) is 18.9 Å². The van der Waals surface area contributed by atoms with Gasteiger partial charge in [0.1, 0.15) is 24.3 Å². The summed E-state index contributed by atoms with van der Waals surface area (Å²) in [7, 11) is 2.65. The van der Waals surface area contributed by atoms with E-state index < -0.39 is 22.8 Å². The fourth-order valence-electron chi connectivity index (χ4n) is 4.48. The summed E-state index contributed by atoms with van der Waals surface area (Å²) < 4.78 is 52.8. The molecule has 1 aliphatic carbocycles. The molecule has 1 fully saturated rings. The van der Waals surface area contributed by atoms with E-state index in [1.807, 2.05) is 26.0 Å². The Balaban J connectivity index is -0.000000710. The topological polar surface area (TPSA) is 164 Å². The van der Waals surface area contributed by atoms with E-state index in [2.05, 4.69) is 48.3 Å². The number of aliphatic hydroxyl groups is 1. The van der Waals surface area contributed by atoms with Gasteiger partial charge in [-0.1, -0.05) is 89.0 Å². The number of hydrogen-bond donors (Lipinski definition) is 2. The second-order valence-electron chi connectivity index (χ2n) is 11.6. The lowest BCUT2D eigenvalue weighted by Gasteiger charge is -2.09. The molecule has 3 rings (SSSR count). The molecule has 2 aromatic rings. The van der Waals surface area contributed by atoms with Gasteiger partial charge in [0.05, 0.1) is 25.4 Å². The van der Waals surface area contributed by atoms with Gasteiger partial charge >= 0.3 is 12.1 Å². The number of allylic oxidation sites excluding steroid dienone is 3. The third-order valence-electron chi connectivity index (χ3n) is 7.23. The van der Waals surface area contributed by atoms with Gasteiger partial charge < -0.3 is 34.3 Å². The number of amides is 1. The van der Waals surface area contributed by atoms with Gasteiger partial charge in [0.2, 0.25) is 6.41 Å².